The fourth-order valence-corrected chi connectivity index (χ4v) is 2.18. The lowest BCUT2D eigenvalue weighted by molar-refractivity contribution is -0.684. The van der Waals surface area contributed by atoms with E-state index in [0.717, 1.165) is 22.5 Å². The van der Waals surface area contributed by atoms with Gasteiger partial charge in [0, 0.05) is 17.3 Å². The lowest BCUT2D eigenvalue weighted by atomic mass is 10.2. The van der Waals surface area contributed by atoms with Gasteiger partial charge in [0.2, 0.25) is 6.54 Å². The van der Waals surface area contributed by atoms with Gasteiger partial charge in [-0.15, -0.1) is 0 Å². The summed E-state index contributed by atoms with van der Waals surface area (Å²) in [7, 11) is 0. The Morgan fingerprint density at radius 3 is 2.83 bits per heavy atom. The number of anilines is 2. The van der Waals surface area contributed by atoms with Gasteiger partial charge < -0.3 is 10.7 Å². The summed E-state index contributed by atoms with van der Waals surface area (Å²) in [6.07, 6.45) is 3.80. The first kappa shape index (κ1) is 16.5. The highest BCUT2D eigenvalue weighted by molar-refractivity contribution is 5.90. The Balaban J connectivity index is 1.96. The molecule has 6 nitrogen and oxygen atoms in total. The summed E-state index contributed by atoms with van der Waals surface area (Å²) < 4.78 is 1.85. The molecule has 1 aromatic carbocycles. The Bertz CT molecular complexity index is 736. The average Bonchev–Trinajstić information content (AvgIpc) is 2.49. The molecule has 0 aliphatic rings. The van der Waals surface area contributed by atoms with Crippen LogP contribution in [0, 0.1) is 25.2 Å². The molecule has 2 aromatic rings. The SMILES string of the molecule is Cc1ccc[n+](CC(=O)Nc2ccc(NNCC#N)c(C)c2)c1. The number of carbonyl (C=O) groups is 1. The van der Waals surface area contributed by atoms with Crippen LogP contribution < -0.4 is 20.7 Å². The fraction of sp³-hybridized carbons (Fsp3) is 0.235. The first-order valence-electron chi connectivity index (χ1n) is 7.30. The molecule has 0 fully saturated rings. The number of carbonyl (C=O) groups excluding carboxylic acids is 1. The minimum Gasteiger partial charge on any atom is -0.321 e. The van der Waals surface area contributed by atoms with Crippen molar-refractivity contribution in [2.45, 2.75) is 20.4 Å². The van der Waals surface area contributed by atoms with Crippen molar-refractivity contribution < 1.29 is 9.36 Å². The number of hydrazine groups is 1. The number of amides is 1. The molecule has 0 aliphatic carbocycles. The van der Waals surface area contributed by atoms with E-state index in [-0.39, 0.29) is 19.0 Å². The van der Waals surface area contributed by atoms with Crippen LogP contribution in [0.15, 0.2) is 42.7 Å². The van der Waals surface area contributed by atoms with Crippen LogP contribution in [0.1, 0.15) is 11.1 Å². The van der Waals surface area contributed by atoms with Crippen molar-refractivity contribution in [3.05, 3.63) is 53.9 Å². The summed E-state index contributed by atoms with van der Waals surface area (Å²) in [5.74, 6) is -0.0803. The van der Waals surface area contributed by atoms with Crippen LogP contribution in [0.4, 0.5) is 11.4 Å². The second kappa shape index (κ2) is 7.92. The van der Waals surface area contributed by atoms with Crippen molar-refractivity contribution >= 4 is 17.3 Å². The zero-order chi connectivity index (χ0) is 16.7. The lowest BCUT2D eigenvalue weighted by Gasteiger charge is -2.11. The van der Waals surface area contributed by atoms with E-state index >= 15 is 0 Å². The molecule has 0 bridgehead atoms. The van der Waals surface area contributed by atoms with Gasteiger partial charge in [0.1, 0.15) is 6.54 Å². The maximum Gasteiger partial charge on any atom is 0.290 e. The normalized spacial score (nSPS) is 9.96. The Morgan fingerprint density at radius 1 is 1.30 bits per heavy atom. The molecule has 23 heavy (non-hydrogen) atoms. The van der Waals surface area contributed by atoms with Crippen molar-refractivity contribution in [2.24, 2.45) is 0 Å². The number of hydrogen-bond donors (Lipinski definition) is 3. The van der Waals surface area contributed by atoms with Crippen molar-refractivity contribution in [1.82, 2.24) is 5.43 Å². The molecule has 1 heterocycles. The second-order valence-corrected chi connectivity index (χ2v) is 5.27. The van der Waals surface area contributed by atoms with Crippen LogP contribution in [0.5, 0.6) is 0 Å². The molecule has 0 radical (unpaired) electrons. The van der Waals surface area contributed by atoms with Gasteiger partial charge in [0.15, 0.2) is 12.4 Å². The van der Waals surface area contributed by atoms with E-state index in [0.29, 0.717) is 0 Å². The zero-order valence-corrected chi connectivity index (χ0v) is 13.3. The molecular weight excluding hydrogens is 290 g/mol. The minimum atomic E-state index is -0.0803. The van der Waals surface area contributed by atoms with Crippen LogP contribution in [0.3, 0.4) is 0 Å². The molecule has 6 heteroatoms. The molecular formula is C17H20N5O+. The maximum atomic E-state index is 12.1. The third kappa shape index (κ3) is 5.09. The molecule has 0 spiro atoms. The third-order valence-corrected chi connectivity index (χ3v) is 3.23. The Labute approximate surface area is 135 Å². The molecule has 1 amide bonds. The number of rotatable bonds is 6. The lowest BCUT2D eigenvalue weighted by Crippen LogP contribution is -2.39. The molecule has 3 N–H and O–H groups in total. The van der Waals surface area contributed by atoms with Gasteiger partial charge in [-0.1, -0.05) is 0 Å². The first-order valence-corrected chi connectivity index (χ1v) is 7.30. The van der Waals surface area contributed by atoms with Crippen LogP contribution in [-0.2, 0) is 11.3 Å². The molecule has 0 saturated carbocycles. The van der Waals surface area contributed by atoms with Gasteiger partial charge in [0.05, 0.1) is 11.8 Å². The third-order valence-electron chi connectivity index (χ3n) is 3.23. The van der Waals surface area contributed by atoms with Crippen LogP contribution in [0.25, 0.3) is 0 Å². The number of benzene rings is 1. The number of nitrogens with zero attached hydrogens (tertiary/aromatic N) is 2. The topological polar surface area (TPSA) is 80.8 Å². The van der Waals surface area contributed by atoms with Gasteiger partial charge in [0.25, 0.3) is 5.91 Å². The Hall–Kier alpha value is -2.91. The van der Waals surface area contributed by atoms with Crippen molar-refractivity contribution in [3.8, 4) is 6.07 Å². The Kier molecular flexibility index (Phi) is 5.67. The summed E-state index contributed by atoms with van der Waals surface area (Å²) in [5.41, 5.74) is 9.43. The van der Waals surface area contributed by atoms with Crippen LogP contribution >= 0.6 is 0 Å². The summed E-state index contributed by atoms with van der Waals surface area (Å²) in [5, 5.41) is 11.4. The van der Waals surface area contributed by atoms with Gasteiger partial charge in [-0.3, -0.25) is 4.79 Å². The Morgan fingerprint density at radius 2 is 2.13 bits per heavy atom. The fourth-order valence-electron chi connectivity index (χ4n) is 2.18. The highest BCUT2D eigenvalue weighted by Gasteiger charge is 2.10. The predicted octanol–water partition coefficient (Wildman–Crippen LogP) is 1.67. The van der Waals surface area contributed by atoms with Gasteiger partial charge in [-0.2, -0.15) is 9.83 Å². The molecule has 1 aromatic heterocycles. The second-order valence-electron chi connectivity index (χ2n) is 5.27. The molecule has 0 atom stereocenters. The van der Waals surface area contributed by atoms with E-state index in [9.17, 15) is 4.79 Å². The van der Waals surface area contributed by atoms with Crippen LogP contribution in [0.2, 0.25) is 0 Å². The van der Waals surface area contributed by atoms with E-state index in [4.69, 9.17) is 5.26 Å². The number of nitrogens with one attached hydrogen (secondary N) is 3. The molecule has 0 unspecified atom stereocenters. The van der Waals surface area contributed by atoms with Gasteiger partial charge >= 0.3 is 0 Å². The summed E-state index contributed by atoms with van der Waals surface area (Å²) in [6, 6.07) is 11.5. The number of pyridine rings is 1. The van der Waals surface area contributed by atoms with E-state index in [1.807, 2.05) is 67.2 Å². The molecule has 2 rings (SSSR count). The standard InChI is InChI=1S/C17H19N5O/c1-13-4-3-9-22(11-13)12-17(23)20-15-5-6-16(14(2)10-15)21-19-8-7-18/h3-6,9-11,19,21H,8,12H2,1-2H3/p+1. The largest absolute Gasteiger partial charge is 0.321 e. The van der Waals surface area contributed by atoms with E-state index in [2.05, 4.69) is 16.2 Å². The van der Waals surface area contributed by atoms with Crippen LogP contribution in [-0.4, -0.2) is 12.5 Å². The van der Waals surface area contributed by atoms with Gasteiger partial charge in [-0.25, -0.2) is 5.43 Å². The summed E-state index contributed by atoms with van der Waals surface area (Å²) in [4.78, 5) is 12.1. The number of aromatic nitrogens is 1. The average molecular weight is 310 g/mol. The number of hydrogen-bond acceptors (Lipinski definition) is 4. The summed E-state index contributed by atoms with van der Waals surface area (Å²) in [6.45, 7) is 4.40. The molecule has 118 valence electrons. The smallest absolute Gasteiger partial charge is 0.290 e. The van der Waals surface area contributed by atoms with Crippen molar-refractivity contribution in [1.29, 1.82) is 5.26 Å². The van der Waals surface area contributed by atoms with Crippen molar-refractivity contribution in [2.75, 3.05) is 17.3 Å². The molecule has 0 aliphatic heterocycles. The highest BCUT2D eigenvalue weighted by Crippen LogP contribution is 2.18. The zero-order valence-electron chi connectivity index (χ0n) is 13.3. The minimum absolute atomic E-state index is 0.0803. The highest BCUT2D eigenvalue weighted by atomic mass is 16.1. The summed E-state index contributed by atoms with van der Waals surface area (Å²) >= 11 is 0. The van der Waals surface area contributed by atoms with E-state index < -0.39 is 0 Å². The maximum absolute atomic E-state index is 12.1. The number of aryl methyl sites for hydroxylation is 2. The predicted molar refractivity (Wildman–Crippen MR) is 88.4 cm³/mol. The quantitative estimate of drug-likeness (QED) is 0.328. The van der Waals surface area contributed by atoms with E-state index in [1.165, 1.54) is 0 Å². The monoisotopic (exact) mass is 310 g/mol. The van der Waals surface area contributed by atoms with E-state index in [1.54, 1.807) is 0 Å². The van der Waals surface area contributed by atoms with Crippen molar-refractivity contribution in [3.63, 3.8) is 0 Å². The van der Waals surface area contributed by atoms with Gasteiger partial charge in [-0.05, 0) is 43.7 Å². The molecule has 0 saturated heterocycles. The first-order chi connectivity index (χ1) is 11.1. The number of nitriles is 1.